The Morgan fingerprint density at radius 1 is 1.41 bits per heavy atom. The Morgan fingerprint density at radius 2 is 2.18 bits per heavy atom. The lowest BCUT2D eigenvalue weighted by atomic mass is 10.2. The van der Waals surface area contributed by atoms with E-state index in [2.05, 4.69) is 23.1 Å². The summed E-state index contributed by atoms with van der Waals surface area (Å²) < 4.78 is 1.87. The first kappa shape index (κ1) is 12.1. The molecule has 4 nitrogen and oxygen atoms in total. The molecule has 17 heavy (non-hydrogen) atoms. The Kier molecular flexibility index (Phi) is 3.49. The van der Waals surface area contributed by atoms with Crippen LogP contribution >= 0.6 is 11.8 Å². The maximum atomic E-state index is 5.77. The average Bonchev–Trinajstić information content (AvgIpc) is 2.58. The number of pyridine rings is 1. The zero-order chi connectivity index (χ0) is 12.4. The van der Waals surface area contributed by atoms with Crippen LogP contribution in [0.1, 0.15) is 16.8 Å². The van der Waals surface area contributed by atoms with Crippen molar-refractivity contribution < 1.29 is 0 Å². The third-order valence-electron chi connectivity index (χ3n) is 2.61. The SMILES string of the molecule is Cc1cc(Sc2nccc(C)c2CN)n(C)n1. The standard InChI is InChI=1S/C12H16N4S/c1-8-4-5-14-12(10(8)7-13)17-11-6-9(2)15-16(11)3/h4-6H,7,13H2,1-3H3. The van der Waals surface area contributed by atoms with Crippen LogP contribution < -0.4 is 5.73 Å². The first-order valence-electron chi connectivity index (χ1n) is 5.45. The van der Waals surface area contributed by atoms with E-state index in [1.165, 1.54) is 5.56 Å². The van der Waals surface area contributed by atoms with Crippen molar-refractivity contribution in [2.45, 2.75) is 30.4 Å². The molecule has 2 heterocycles. The topological polar surface area (TPSA) is 56.7 Å². The van der Waals surface area contributed by atoms with E-state index in [9.17, 15) is 0 Å². The van der Waals surface area contributed by atoms with Gasteiger partial charge in [0.15, 0.2) is 0 Å². The van der Waals surface area contributed by atoms with E-state index in [0.29, 0.717) is 6.54 Å². The van der Waals surface area contributed by atoms with Crippen molar-refractivity contribution in [1.82, 2.24) is 14.8 Å². The summed E-state index contributed by atoms with van der Waals surface area (Å²) in [5.74, 6) is 0. The third-order valence-corrected chi connectivity index (χ3v) is 3.75. The molecule has 0 amide bonds. The van der Waals surface area contributed by atoms with Crippen molar-refractivity contribution in [2.75, 3.05) is 0 Å². The molecule has 2 rings (SSSR count). The monoisotopic (exact) mass is 248 g/mol. The van der Waals surface area contributed by atoms with E-state index >= 15 is 0 Å². The maximum Gasteiger partial charge on any atom is 0.107 e. The van der Waals surface area contributed by atoms with Gasteiger partial charge in [-0.3, -0.25) is 4.68 Å². The van der Waals surface area contributed by atoms with Crippen molar-refractivity contribution in [3.8, 4) is 0 Å². The van der Waals surface area contributed by atoms with E-state index in [-0.39, 0.29) is 0 Å². The highest BCUT2D eigenvalue weighted by molar-refractivity contribution is 7.99. The van der Waals surface area contributed by atoms with Crippen LogP contribution in [0.3, 0.4) is 0 Å². The van der Waals surface area contributed by atoms with Gasteiger partial charge in [-0.2, -0.15) is 5.10 Å². The van der Waals surface area contributed by atoms with Gasteiger partial charge in [-0.25, -0.2) is 4.98 Å². The van der Waals surface area contributed by atoms with Crippen LogP contribution in [0.25, 0.3) is 0 Å². The number of nitrogens with zero attached hydrogens (tertiary/aromatic N) is 3. The first-order valence-corrected chi connectivity index (χ1v) is 6.26. The molecule has 0 aliphatic rings. The van der Waals surface area contributed by atoms with Gasteiger partial charge in [0.2, 0.25) is 0 Å². The summed E-state index contributed by atoms with van der Waals surface area (Å²) in [4.78, 5) is 4.40. The van der Waals surface area contributed by atoms with Crippen LogP contribution in [0.15, 0.2) is 28.4 Å². The summed E-state index contributed by atoms with van der Waals surface area (Å²) in [6.07, 6.45) is 1.82. The molecule has 2 aromatic rings. The van der Waals surface area contributed by atoms with E-state index in [0.717, 1.165) is 21.3 Å². The quantitative estimate of drug-likeness (QED) is 0.903. The lowest BCUT2D eigenvalue weighted by Crippen LogP contribution is -2.03. The summed E-state index contributed by atoms with van der Waals surface area (Å²) in [6.45, 7) is 4.55. The van der Waals surface area contributed by atoms with E-state index < -0.39 is 0 Å². The minimum Gasteiger partial charge on any atom is -0.326 e. The van der Waals surface area contributed by atoms with E-state index in [1.807, 2.05) is 30.9 Å². The second kappa shape index (κ2) is 4.89. The molecule has 0 fully saturated rings. The Morgan fingerprint density at radius 3 is 2.76 bits per heavy atom. The van der Waals surface area contributed by atoms with Gasteiger partial charge in [-0.1, -0.05) is 11.8 Å². The summed E-state index contributed by atoms with van der Waals surface area (Å²) in [7, 11) is 1.94. The van der Waals surface area contributed by atoms with Gasteiger partial charge in [0, 0.05) is 25.4 Å². The molecule has 0 unspecified atom stereocenters. The second-order valence-electron chi connectivity index (χ2n) is 3.97. The van der Waals surface area contributed by atoms with Gasteiger partial charge in [-0.05, 0) is 31.5 Å². The Balaban J connectivity index is 2.36. The molecule has 0 aliphatic carbocycles. The lowest BCUT2D eigenvalue weighted by molar-refractivity contribution is 0.691. The minimum absolute atomic E-state index is 0.513. The smallest absolute Gasteiger partial charge is 0.107 e. The van der Waals surface area contributed by atoms with Gasteiger partial charge in [-0.15, -0.1) is 0 Å². The number of rotatable bonds is 3. The van der Waals surface area contributed by atoms with Crippen molar-refractivity contribution >= 4 is 11.8 Å². The molecule has 0 bridgehead atoms. The highest BCUT2D eigenvalue weighted by Crippen LogP contribution is 2.29. The fraction of sp³-hybridized carbons (Fsp3) is 0.333. The van der Waals surface area contributed by atoms with Crippen molar-refractivity contribution in [3.05, 3.63) is 35.2 Å². The van der Waals surface area contributed by atoms with Gasteiger partial charge < -0.3 is 5.73 Å². The number of hydrogen-bond acceptors (Lipinski definition) is 4. The molecule has 0 spiro atoms. The van der Waals surface area contributed by atoms with Gasteiger partial charge >= 0.3 is 0 Å². The van der Waals surface area contributed by atoms with Crippen LogP contribution in [0.2, 0.25) is 0 Å². The molecule has 0 atom stereocenters. The van der Waals surface area contributed by atoms with Crippen molar-refractivity contribution in [2.24, 2.45) is 12.8 Å². The van der Waals surface area contributed by atoms with Crippen LogP contribution in [0, 0.1) is 13.8 Å². The van der Waals surface area contributed by atoms with E-state index in [1.54, 1.807) is 11.8 Å². The van der Waals surface area contributed by atoms with Crippen LogP contribution in [0.4, 0.5) is 0 Å². The number of aryl methyl sites for hydroxylation is 3. The van der Waals surface area contributed by atoms with Crippen LogP contribution in [-0.2, 0) is 13.6 Å². The molecule has 0 saturated carbocycles. The van der Waals surface area contributed by atoms with Crippen LogP contribution in [-0.4, -0.2) is 14.8 Å². The predicted octanol–water partition coefficient (Wildman–Crippen LogP) is 2.04. The highest BCUT2D eigenvalue weighted by Gasteiger charge is 2.10. The minimum atomic E-state index is 0.513. The molecular weight excluding hydrogens is 232 g/mol. The normalized spacial score (nSPS) is 10.8. The number of hydrogen-bond donors (Lipinski definition) is 1. The van der Waals surface area contributed by atoms with E-state index in [4.69, 9.17) is 5.73 Å². The van der Waals surface area contributed by atoms with Gasteiger partial charge in [0.05, 0.1) is 5.69 Å². The summed E-state index contributed by atoms with van der Waals surface area (Å²) >= 11 is 1.61. The summed E-state index contributed by atoms with van der Waals surface area (Å²) in [5.41, 5.74) is 9.08. The van der Waals surface area contributed by atoms with Crippen molar-refractivity contribution in [1.29, 1.82) is 0 Å². The fourth-order valence-corrected chi connectivity index (χ4v) is 2.76. The lowest BCUT2D eigenvalue weighted by Gasteiger charge is -2.08. The number of aromatic nitrogens is 3. The van der Waals surface area contributed by atoms with Gasteiger partial charge in [0.25, 0.3) is 0 Å². The molecule has 90 valence electrons. The highest BCUT2D eigenvalue weighted by atomic mass is 32.2. The molecule has 0 aromatic carbocycles. The van der Waals surface area contributed by atoms with Gasteiger partial charge in [0.1, 0.15) is 10.1 Å². The van der Waals surface area contributed by atoms with Crippen LogP contribution in [0.5, 0.6) is 0 Å². The Bertz CT molecular complexity index is 533. The second-order valence-corrected chi connectivity index (χ2v) is 4.97. The summed E-state index contributed by atoms with van der Waals surface area (Å²) in [5, 5.41) is 6.37. The molecule has 0 saturated heterocycles. The summed E-state index contributed by atoms with van der Waals surface area (Å²) in [6, 6.07) is 4.04. The Hall–Kier alpha value is -1.33. The third kappa shape index (κ3) is 2.50. The molecule has 2 N–H and O–H groups in total. The zero-order valence-corrected chi connectivity index (χ0v) is 11.1. The Labute approximate surface area is 105 Å². The first-order chi connectivity index (χ1) is 8.11. The maximum absolute atomic E-state index is 5.77. The largest absolute Gasteiger partial charge is 0.326 e. The molecule has 0 radical (unpaired) electrons. The fourth-order valence-electron chi connectivity index (χ4n) is 1.68. The molecule has 0 aliphatic heterocycles. The predicted molar refractivity (Wildman–Crippen MR) is 68.9 cm³/mol. The zero-order valence-electron chi connectivity index (χ0n) is 10.3. The molecule has 2 aromatic heterocycles. The number of nitrogens with two attached hydrogens (primary N) is 1. The average molecular weight is 248 g/mol. The van der Waals surface area contributed by atoms with Crippen molar-refractivity contribution in [3.63, 3.8) is 0 Å². The molecule has 5 heteroatoms. The molecular formula is C12H16N4S.